The first-order valence-corrected chi connectivity index (χ1v) is 19.7. The highest BCUT2D eigenvalue weighted by molar-refractivity contribution is 4.93. The van der Waals surface area contributed by atoms with Crippen LogP contribution >= 0.6 is 0 Å². The number of ether oxygens (including phenoxy) is 2. The summed E-state index contributed by atoms with van der Waals surface area (Å²) < 4.78 is 13.0. The Balaban J connectivity index is 2.13. The van der Waals surface area contributed by atoms with Crippen molar-refractivity contribution >= 4 is 0 Å². The van der Waals surface area contributed by atoms with E-state index in [1.54, 1.807) is 0 Å². The van der Waals surface area contributed by atoms with Crippen LogP contribution in [0.1, 0.15) is 181 Å². The molecule has 45 heavy (non-hydrogen) atoms. The zero-order valence-electron chi connectivity index (χ0n) is 30.8. The molecule has 3 nitrogen and oxygen atoms in total. The monoisotopic (exact) mass is 628 g/mol. The van der Waals surface area contributed by atoms with Gasteiger partial charge in [-0.1, -0.05) is 140 Å². The van der Waals surface area contributed by atoms with E-state index in [9.17, 15) is 0 Å². The summed E-state index contributed by atoms with van der Waals surface area (Å²) in [6.45, 7) is 6.24. The van der Waals surface area contributed by atoms with E-state index in [1.807, 2.05) is 0 Å². The van der Waals surface area contributed by atoms with Crippen LogP contribution in [0.25, 0.3) is 0 Å². The Morgan fingerprint density at radius 1 is 0.511 bits per heavy atom. The van der Waals surface area contributed by atoms with Gasteiger partial charge in [0.15, 0.2) is 5.79 Å². The molecule has 1 aliphatic heterocycles. The molecule has 3 heteroatoms. The van der Waals surface area contributed by atoms with E-state index in [0.29, 0.717) is 0 Å². The van der Waals surface area contributed by atoms with Gasteiger partial charge >= 0.3 is 0 Å². The lowest BCUT2D eigenvalue weighted by Gasteiger charge is -2.29. The number of hydrogen-bond acceptors (Lipinski definition) is 3. The van der Waals surface area contributed by atoms with Crippen molar-refractivity contribution in [3.05, 3.63) is 48.6 Å². The average Bonchev–Trinajstić information content (AvgIpc) is 3.42. The Bertz CT molecular complexity index is 689. The number of rotatable bonds is 32. The van der Waals surface area contributed by atoms with Gasteiger partial charge < -0.3 is 14.4 Å². The first-order chi connectivity index (χ1) is 22.1. The fourth-order valence-electron chi connectivity index (χ4n) is 6.27. The minimum Gasteiger partial charge on any atom is -0.347 e. The van der Waals surface area contributed by atoms with Crippen LogP contribution in [0.2, 0.25) is 0 Å². The van der Waals surface area contributed by atoms with Crippen molar-refractivity contribution in [1.82, 2.24) is 4.90 Å². The zero-order chi connectivity index (χ0) is 32.5. The summed E-state index contributed by atoms with van der Waals surface area (Å²) in [7, 11) is 4.27. The molecule has 0 radical (unpaired) electrons. The molecular formula is C42H77NO2. The highest BCUT2D eigenvalue weighted by Gasteiger charge is 2.40. The molecule has 1 atom stereocenters. The summed E-state index contributed by atoms with van der Waals surface area (Å²) in [6, 6.07) is 0. The second kappa shape index (κ2) is 31.4. The van der Waals surface area contributed by atoms with Crippen LogP contribution < -0.4 is 0 Å². The minimum absolute atomic E-state index is 0.217. The summed E-state index contributed by atoms with van der Waals surface area (Å²) in [5, 5.41) is 0. The predicted octanol–water partition coefficient (Wildman–Crippen LogP) is 13.1. The molecule has 0 bridgehead atoms. The molecule has 0 aromatic rings. The summed E-state index contributed by atoms with van der Waals surface area (Å²) in [6.07, 6.45) is 52.1. The van der Waals surface area contributed by atoms with Gasteiger partial charge in [0.2, 0.25) is 0 Å². The quantitative estimate of drug-likeness (QED) is 0.0547. The molecule has 1 aliphatic rings. The van der Waals surface area contributed by atoms with Crippen molar-refractivity contribution in [2.75, 3.05) is 27.2 Å². The number of likely N-dealkylation sites (N-methyl/N-ethyl adjacent to an activating group) is 1. The van der Waals surface area contributed by atoms with Crippen LogP contribution in [0, 0.1) is 0 Å². The van der Waals surface area contributed by atoms with Crippen molar-refractivity contribution in [2.45, 2.75) is 193 Å². The Labute approximate surface area is 282 Å². The Morgan fingerprint density at radius 3 is 1.29 bits per heavy atom. The van der Waals surface area contributed by atoms with E-state index in [0.717, 1.165) is 38.8 Å². The first kappa shape index (κ1) is 41.9. The normalized spacial score (nSPS) is 17.0. The average molecular weight is 628 g/mol. The molecule has 0 aliphatic carbocycles. The molecule has 0 aromatic heterocycles. The van der Waals surface area contributed by atoms with Gasteiger partial charge in [0.25, 0.3) is 0 Å². The Morgan fingerprint density at radius 2 is 0.889 bits per heavy atom. The zero-order valence-corrected chi connectivity index (χ0v) is 30.8. The van der Waals surface area contributed by atoms with Gasteiger partial charge in [-0.25, -0.2) is 0 Å². The molecule has 0 N–H and O–H groups in total. The van der Waals surface area contributed by atoms with Crippen LogP contribution in [0.3, 0.4) is 0 Å². The lowest BCUT2D eigenvalue weighted by atomic mass is 9.98. The van der Waals surface area contributed by atoms with Crippen LogP contribution in [0.5, 0.6) is 0 Å². The standard InChI is InChI=1S/C42H77NO2/c1-5-7-9-11-13-15-17-19-21-23-25-27-29-31-33-35-37-42(44-40-41(45-42)39-43(3)4)38-36-34-32-30-28-26-24-22-20-18-16-14-12-10-8-6-2/h13-16,19-22,41H,5-12,17-18,23-40H2,1-4H3/b15-13+,16-14+,21-19+,22-20+/t41-/m0/s1. The maximum absolute atomic E-state index is 6.62. The van der Waals surface area contributed by atoms with Crippen molar-refractivity contribution in [2.24, 2.45) is 0 Å². The van der Waals surface area contributed by atoms with Crippen molar-refractivity contribution < 1.29 is 9.47 Å². The fourth-order valence-corrected chi connectivity index (χ4v) is 6.27. The van der Waals surface area contributed by atoms with E-state index in [1.165, 1.54) is 141 Å². The molecule has 0 spiro atoms. The third-order valence-electron chi connectivity index (χ3n) is 9.00. The summed E-state index contributed by atoms with van der Waals surface area (Å²) in [5.74, 6) is -0.328. The van der Waals surface area contributed by atoms with E-state index < -0.39 is 0 Å². The molecule has 1 rings (SSSR count). The third-order valence-corrected chi connectivity index (χ3v) is 9.00. The van der Waals surface area contributed by atoms with Crippen LogP contribution in [0.15, 0.2) is 48.6 Å². The molecule has 0 saturated carbocycles. The van der Waals surface area contributed by atoms with Crippen LogP contribution in [-0.2, 0) is 9.47 Å². The highest BCUT2D eigenvalue weighted by atomic mass is 16.7. The Hall–Kier alpha value is -1.16. The molecule has 1 saturated heterocycles. The number of allylic oxidation sites excluding steroid dienone is 8. The molecular weight excluding hydrogens is 550 g/mol. The predicted molar refractivity (Wildman–Crippen MR) is 200 cm³/mol. The van der Waals surface area contributed by atoms with E-state index in [4.69, 9.17) is 9.47 Å². The van der Waals surface area contributed by atoms with Gasteiger partial charge in [0, 0.05) is 19.4 Å². The van der Waals surface area contributed by atoms with Gasteiger partial charge in [-0.3, -0.25) is 0 Å². The molecule has 0 unspecified atom stereocenters. The summed E-state index contributed by atoms with van der Waals surface area (Å²) in [4.78, 5) is 2.23. The lowest BCUT2D eigenvalue weighted by molar-refractivity contribution is -0.180. The SMILES string of the molecule is CCCCC/C=C/C/C=C/CCCCCCCCC1(CCCCCCCC/C=C/C/C=C/CCCCC)OC[C@H](CN(C)C)O1. The second-order valence-corrected chi connectivity index (χ2v) is 13.9. The maximum Gasteiger partial charge on any atom is 0.168 e. The second-order valence-electron chi connectivity index (χ2n) is 13.9. The molecule has 1 heterocycles. The molecule has 0 aromatic carbocycles. The number of nitrogens with zero attached hydrogens (tertiary/aromatic N) is 1. The van der Waals surface area contributed by atoms with Crippen molar-refractivity contribution in [3.63, 3.8) is 0 Å². The van der Waals surface area contributed by atoms with Crippen molar-refractivity contribution in [1.29, 1.82) is 0 Å². The van der Waals surface area contributed by atoms with Gasteiger partial charge in [0.05, 0.1) is 12.7 Å². The topological polar surface area (TPSA) is 21.7 Å². The van der Waals surface area contributed by atoms with Gasteiger partial charge in [0.1, 0.15) is 0 Å². The minimum atomic E-state index is -0.328. The number of unbranched alkanes of at least 4 members (excludes halogenated alkanes) is 18. The number of hydrogen-bond donors (Lipinski definition) is 0. The van der Waals surface area contributed by atoms with E-state index >= 15 is 0 Å². The fraction of sp³-hybridized carbons (Fsp3) is 0.810. The van der Waals surface area contributed by atoms with Crippen molar-refractivity contribution in [3.8, 4) is 0 Å². The first-order valence-electron chi connectivity index (χ1n) is 19.7. The van der Waals surface area contributed by atoms with Crippen LogP contribution in [0.4, 0.5) is 0 Å². The summed E-state index contributed by atoms with van der Waals surface area (Å²) in [5.41, 5.74) is 0. The lowest BCUT2D eigenvalue weighted by Crippen LogP contribution is -2.33. The molecule has 1 fully saturated rings. The van der Waals surface area contributed by atoms with Gasteiger partial charge in [-0.2, -0.15) is 0 Å². The largest absolute Gasteiger partial charge is 0.347 e. The maximum atomic E-state index is 6.62. The highest BCUT2D eigenvalue weighted by Crippen LogP contribution is 2.35. The van der Waals surface area contributed by atoms with E-state index in [2.05, 4.69) is 81.5 Å². The smallest absolute Gasteiger partial charge is 0.168 e. The summed E-state index contributed by atoms with van der Waals surface area (Å²) >= 11 is 0. The molecule has 0 amide bonds. The third kappa shape index (κ3) is 26.6. The Kier molecular flexibility index (Phi) is 29.2. The van der Waals surface area contributed by atoms with Crippen LogP contribution in [-0.4, -0.2) is 44.0 Å². The van der Waals surface area contributed by atoms with E-state index in [-0.39, 0.29) is 11.9 Å². The molecule has 262 valence electrons. The van der Waals surface area contributed by atoms with Gasteiger partial charge in [-0.05, 0) is 91.1 Å². The van der Waals surface area contributed by atoms with Gasteiger partial charge in [-0.15, -0.1) is 0 Å².